The monoisotopic (exact) mass is 175 g/mol. The van der Waals surface area contributed by atoms with E-state index in [1.165, 1.54) is 6.33 Å². The maximum atomic E-state index is 4.05. The lowest BCUT2D eigenvalue weighted by Crippen LogP contribution is -1.89. The van der Waals surface area contributed by atoms with Crippen molar-refractivity contribution in [1.82, 2.24) is 15.2 Å². The number of aromatic nitrogens is 3. The Morgan fingerprint density at radius 3 is 2.60 bits per heavy atom. The standard InChI is InChI=1S/C5H9N3S2/c1-9-5(10-2)4-6-3-7-8-4/h3,5H,1-2H3,(H,6,7,8). The van der Waals surface area contributed by atoms with Crippen molar-refractivity contribution >= 4 is 23.5 Å². The van der Waals surface area contributed by atoms with Crippen LogP contribution < -0.4 is 0 Å². The van der Waals surface area contributed by atoms with Gasteiger partial charge in [-0.2, -0.15) is 5.10 Å². The molecule has 1 heterocycles. The smallest absolute Gasteiger partial charge is 0.147 e. The Balaban J connectivity index is 2.64. The minimum atomic E-state index is 0.391. The van der Waals surface area contributed by atoms with Gasteiger partial charge in [0.2, 0.25) is 0 Å². The second kappa shape index (κ2) is 3.88. The molecule has 0 saturated heterocycles. The normalized spacial score (nSPS) is 10.7. The first-order valence-electron chi connectivity index (χ1n) is 2.79. The Morgan fingerprint density at radius 2 is 2.20 bits per heavy atom. The van der Waals surface area contributed by atoms with Gasteiger partial charge in [0.15, 0.2) is 0 Å². The number of nitrogens with zero attached hydrogens (tertiary/aromatic N) is 2. The lowest BCUT2D eigenvalue weighted by atomic mass is 10.7. The lowest BCUT2D eigenvalue weighted by molar-refractivity contribution is 1.02. The largest absolute Gasteiger partial charge is 0.262 e. The van der Waals surface area contributed by atoms with E-state index in [0.717, 1.165) is 5.82 Å². The average Bonchev–Trinajstić information content (AvgIpc) is 2.43. The van der Waals surface area contributed by atoms with Gasteiger partial charge in [-0.05, 0) is 12.5 Å². The molecule has 0 aromatic carbocycles. The first-order valence-corrected chi connectivity index (χ1v) is 5.37. The van der Waals surface area contributed by atoms with E-state index >= 15 is 0 Å². The highest BCUT2D eigenvalue weighted by Gasteiger charge is 2.09. The number of aromatic amines is 1. The molecule has 0 fully saturated rings. The van der Waals surface area contributed by atoms with E-state index in [2.05, 4.69) is 27.7 Å². The van der Waals surface area contributed by atoms with Gasteiger partial charge in [0.1, 0.15) is 16.7 Å². The van der Waals surface area contributed by atoms with Crippen molar-refractivity contribution in [2.24, 2.45) is 0 Å². The third-order valence-corrected chi connectivity index (χ3v) is 3.54. The van der Waals surface area contributed by atoms with E-state index in [1.54, 1.807) is 23.5 Å². The zero-order valence-electron chi connectivity index (χ0n) is 5.87. The summed E-state index contributed by atoms with van der Waals surface area (Å²) in [7, 11) is 0. The molecule has 0 radical (unpaired) electrons. The van der Waals surface area contributed by atoms with Gasteiger partial charge < -0.3 is 0 Å². The first-order chi connectivity index (χ1) is 4.88. The molecule has 10 heavy (non-hydrogen) atoms. The minimum absolute atomic E-state index is 0.391. The Bertz CT molecular complexity index is 171. The summed E-state index contributed by atoms with van der Waals surface area (Å²) in [6.07, 6.45) is 5.65. The number of nitrogens with one attached hydrogen (secondary N) is 1. The molecule has 56 valence electrons. The summed E-state index contributed by atoms with van der Waals surface area (Å²) in [5, 5.41) is 6.61. The number of H-pyrrole nitrogens is 1. The second-order valence-corrected chi connectivity index (χ2v) is 3.86. The van der Waals surface area contributed by atoms with Crippen LogP contribution in [0.5, 0.6) is 0 Å². The van der Waals surface area contributed by atoms with Crippen molar-refractivity contribution in [3.8, 4) is 0 Å². The van der Waals surface area contributed by atoms with E-state index in [0.29, 0.717) is 4.58 Å². The SMILES string of the molecule is CSC(SC)c1ncn[nH]1. The fraction of sp³-hybridized carbons (Fsp3) is 0.600. The number of hydrogen-bond acceptors (Lipinski definition) is 4. The predicted molar refractivity (Wildman–Crippen MR) is 46.2 cm³/mol. The summed E-state index contributed by atoms with van der Waals surface area (Å²) in [5.41, 5.74) is 0. The average molecular weight is 175 g/mol. The third-order valence-electron chi connectivity index (χ3n) is 1.09. The van der Waals surface area contributed by atoms with Gasteiger partial charge in [-0.15, -0.1) is 23.5 Å². The molecule has 0 saturated carbocycles. The molecule has 0 aliphatic rings. The summed E-state index contributed by atoms with van der Waals surface area (Å²) < 4.78 is 0.391. The highest BCUT2D eigenvalue weighted by atomic mass is 32.2. The van der Waals surface area contributed by atoms with Crippen molar-refractivity contribution in [3.05, 3.63) is 12.2 Å². The molecule has 0 amide bonds. The summed E-state index contributed by atoms with van der Waals surface area (Å²) >= 11 is 3.51. The Morgan fingerprint density at radius 1 is 1.50 bits per heavy atom. The van der Waals surface area contributed by atoms with Gasteiger partial charge in [-0.3, -0.25) is 5.10 Å². The third kappa shape index (κ3) is 1.67. The highest BCUT2D eigenvalue weighted by molar-refractivity contribution is 8.15. The van der Waals surface area contributed by atoms with Crippen molar-refractivity contribution in [1.29, 1.82) is 0 Å². The van der Waals surface area contributed by atoms with E-state index in [9.17, 15) is 0 Å². The molecule has 0 aliphatic heterocycles. The number of rotatable bonds is 3. The molecule has 1 aromatic rings. The van der Waals surface area contributed by atoms with Gasteiger partial charge >= 0.3 is 0 Å². The van der Waals surface area contributed by atoms with Crippen LogP contribution >= 0.6 is 23.5 Å². The molecule has 1 aromatic heterocycles. The van der Waals surface area contributed by atoms with Crippen LogP contribution in [0.15, 0.2) is 6.33 Å². The lowest BCUT2D eigenvalue weighted by Gasteiger charge is -2.05. The van der Waals surface area contributed by atoms with Crippen LogP contribution in [0.1, 0.15) is 10.4 Å². The summed E-state index contributed by atoms with van der Waals surface area (Å²) in [5.74, 6) is 0.944. The second-order valence-electron chi connectivity index (χ2n) is 1.67. The highest BCUT2D eigenvalue weighted by Crippen LogP contribution is 2.32. The predicted octanol–water partition coefficient (Wildman–Crippen LogP) is 1.53. The van der Waals surface area contributed by atoms with Crippen LogP contribution in [0.4, 0.5) is 0 Å². The van der Waals surface area contributed by atoms with Crippen LogP contribution in [0.25, 0.3) is 0 Å². The quantitative estimate of drug-likeness (QED) is 0.707. The van der Waals surface area contributed by atoms with Crippen molar-refractivity contribution in [2.45, 2.75) is 4.58 Å². The summed E-state index contributed by atoms with van der Waals surface area (Å²) in [6, 6.07) is 0. The maximum absolute atomic E-state index is 4.05. The van der Waals surface area contributed by atoms with E-state index in [1.807, 2.05) is 0 Å². The van der Waals surface area contributed by atoms with Gasteiger partial charge in [0.05, 0.1) is 0 Å². The van der Waals surface area contributed by atoms with E-state index in [-0.39, 0.29) is 0 Å². The molecule has 3 nitrogen and oxygen atoms in total. The maximum Gasteiger partial charge on any atom is 0.147 e. The molecule has 1 N–H and O–H groups in total. The molecular weight excluding hydrogens is 166 g/mol. The van der Waals surface area contributed by atoms with Gasteiger partial charge in [-0.25, -0.2) is 4.98 Å². The number of thioether (sulfide) groups is 2. The Hall–Kier alpha value is -0.160. The molecule has 1 rings (SSSR count). The van der Waals surface area contributed by atoms with Crippen molar-refractivity contribution in [3.63, 3.8) is 0 Å². The molecular formula is C5H9N3S2. The van der Waals surface area contributed by atoms with Gasteiger partial charge in [0, 0.05) is 0 Å². The Labute approximate surface area is 68.4 Å². The molecule has 0 atom stereocenters. The van der Waals surface area contributed by atoms with Crippen LogP contribution in [0.3, 0.4) is 0 Å². The fourth-order valence-electron chi connectivity index (χ4n) is 0.648. The minimum Gasteiger partial charge on any atom is -0.262 e. The number of hydrogen-bond donors (Lipinski definition) is 1. The van der Waals surface area contributed by atoms with E-state index in [4.69, 9.17) is 0 Å². The Kier molecular flexibility index (Phi) is 3.08. The summed E-state index contributed by atoms with van der Waals surface area (Å²) in [4.78, 5) is 4.05. The molecule has 5 heteroatoms. The van der Waals surface area contributed by atoms with Crippen molar-refractivity contribution in [2.75, 3.05) is 12.5 Å². The van der Waals surface area contributed by atoms with Crippen LogP contribution in [0, 0.1) is 0 Å². The molecule has 0 aliphatic carbocycles. The van der Waals surface area contributed by atoms with Crippen LogP contribution in [-0.4, -0.2) is 27.7 Å². The molecule has 0 bridgehead atoms. The first kappa shape index (κ1) is 7.94. The van der Waals surface area contributed by atoms with Crippen LogP contribution in [-0.2, 0) is 0 Å². The summed E-state index contributed by atoms with van der Waals surface area (Å²) in [6.45, 7) is 0. The topological polar surface area (TPSA) is 41.6 Å². The molecule has 0 unspecified atom stereocenters. The van der Waals surface area contributed by atoms with Gasteiger partial charge in [0.25, 0.3) is 0 Å². The zero-order valence-corrected chi connectivity index (χ0v) is 7.50. The van der Waals surface area contributed by atoms with Gasteiger partial charge in [-0.1, -0.05) is 0 Å². The molecule has 0 spiro atoms. The van der Waals surface area contributed by atoms with Crippen molar-refractivity contribution < 1.29 is 0 Å². The van der Waals surface area contributed by atoms with Crippen LogP contribution in [0.2, 0.25) is 0 Å². The zero-order chi connectivity index (χ0) is 7.40. The van der Waals surface area contributed by atoms with E-state index < -0.39 is 0 Å². The fourth-order valence-corrected chi connectivity index (χ4v) is 2.09.